The molecule has 3 aromatic rings. The minimum absolute atomic E-state index is 0.0640. The zero-order valence-corrected chi connectivity index (χ0v) is 21.2. The number of benzene rings is 2. The molecule has 1 aliphatic rings. The number of nitrogens with one attached hydrogen (secondary N) is 2. The number of carbonyl (C=O) groups is 3. The number of furan rings is 1. The van der Waals surface area contributed by atoms with Crippen molar-refractivity contribution in [2.45, 2.75) is 58.0 Å². The fourth-order valence-corrected chi connectivity index (χ4v) is 4.67. The minimum Gasteiger partial charge on any atom is -0.494 e. The summed E-state index contributed by atoms with van der Waals surface area (Å²) in [4.78, 5) is 40.6. The molecule has 37 heavy (non-hydrogen) atoms. The molecule has 1 saturated carbocycles. The molecule has 0 aliphatic heterocycles. The maximum atomic E-state index is 13.9. The number of carbonyl (C=O) groups excluding carboxylic acids is 3. The summed E-state index contributed by atoms with van der Waals surface area (Å²) in [6.07, 6.45) is 6.56. The molecule has 1 aromatic heterocycles. The second kappa shape index (κ2) is 12.3. The van der Waals surface area contributed by atoms with Crippen LogP contribution in [0.1, 0.15) is 68.1 Å². The zero-order chi connectivity index (χ0) is 26.2. The van der Waals surface area contributed by atoms with Crippen LogP contribution in [-0.4, -0.2) is 30.4 Å². The van der Waals surface area contributed by atoms with Crippen LogP contribution < -0.4 is 20.3 Å². The molecule has 2 N–H and O–H groups in total. The fraction of sp³-hybridized carbons (Fsp3) is 0.345. The van der Waals surface area contributed by atoms with Crippen molar-refractivity contribution >= 4 is 29.1 Å². The molecule has 0 saturated heterocycles. The fourth-order valence-electron chi connectivity index (χ4n) is 4.67. The molecule has 0 unspecified atom stereocenters. The van der Waals surface area contributed by atoms with Gasteiger partial charge in [-0.15, -0.1) is 0 Å². The Morgan fingerprint density at radius 1 is 1.00 bits per heavy atom. The lowest BCUT2D eigenvalue weighted by molar-refractivity contribution is -0.123. The smallest absolute Gasteiger partial charge is 0.294 e. The van der Waals surface area contributed by atoms with E-state index in [0.29, 0.717) is 29.3 Å². The van der Waals surface area contributed by atoms with Crippen molar-refractivity contribution in [3.8, 4) is 5.75 Å². The Bertz CT molecular complexity index is 1180. The van der Waals surface area contributed by atoms with Crippen LogP contribution >= 0.6 is 0 Å². The Morgan fingerprint density at radius 2 is 1.70 bits per heavy atom. The largest absolute Gasteiger partial charge is 0.494 e. The van der Waals surface area contributed by atoms with Gasteiger partial charge in [0.15, 0.2) is 5.76 Å². The van der Waals surface area contributed by atoms with E-state index in [4.69, 9.17) is 9.15 Å². The molecule has 1 aliphatic carbocycles. The van der Waals surface area contributed by atoms with E-state index in [1.807, 2.05) is 19.1 Å². The highest BCUT2D eigenvalue weighted by molar-refractivity contribution is 6.08. The van der Waals surface area contributed by atoms with Crippen molar-refractivity contribution in [2.24, 2.45) is 0 Å². The van der Waals surface area contributed by atoms with Gasteiger partial charge in [-0.3, -0.25) is 19.3 Å². The molecule has 1 fully saturated rings. The molecule has 3 amide bonds. The lowest BCUT2D eigenvalue weighted by Gasteiger charge is -2.33. The molecule has 0 spiro atoms. The number of hydrogen-bond donors (Lipinski definition) is 2. The van der Waals surface area contributed by atoms with E-state index < -0.39 is 11.9 Å². The van der Waals surface area contributed by atoms with Crippen LogP contribution in [0, 0.1) is 0 Å². The molecular weight excluding hydrogens is 470 g/mol. The minimum atomic E-state index is -0.957. The van der Waals surface area contributed by atoms with Crippen molar-refractivity contribution in [1.82, 2.24) is 5.32 Å². The quantitative estimate of drug-likeness (QED) is 0.403. The van der Waals surface area contributed by atoms with Gasteiger partial charge in [0.25, 0.3) is 5.91 Å². The summed E-state index contributed by atoms with van der Waals surface area (Å²) in [5, 5.41) is 5.92. The first-order valence-electron chi connectivity index (χ1n) is 12.7. The highest BCUT2D eigenvalue weighted by Crippen LogP contribution is 2.32. The number of amides is 3. The van der Waals surface area contributed by atoms with E-state index in [1.165, 1.54) is 24.5 Å². The number of hydrogen-bond acceptors (Lipinski definition) is 5. The van der Waals surface area contributed by atoms with Crippen LogP contribution in [0.15, 0.2) is 71.3 Å². The molecule has 1 atom stereocenters. The number of rotatable bonds is 9. The molecule has 2 aromatic carbocycles. The summed E-state index contributed by atoms with van der Waals surface area (Å²) in [5.74, 6) is -0.110. The SMILES string of the molecule is CCOc1ccc([C@@H](C(=O)NC2CCCCC2)N(C(=O)c2ccco2)c2ccc(NC(C)=O)cc2)cc1. The predicted octanol–water partition coefficient (Wildman–Crippen LogP) is 5.47. The molecule has 1 heterocycles. The molecule has 194 valence electrons. The van der Waals surface area contributed by atoms with Crippen LogP contribution in [0.25, 0.3) is 0 Å². The van der Waals surface area contributed by atoms with Crippen molar-refractivity contribution < 1.29 is 23.5 Å². The maximum absolute atomic E-state index is 13.9. The summed E-state index contributed by atoms with van der Waals surface area (Å²) < 4.78 is 11.0. The Balaban J connectivity index is 1.76. The Kier molecular flexibility index (Phi) is 8.61. The Labute approximate surface area is 217 Å². The molecule has 8 nitrogen and oxygen atoms in total. The zero-order valence-electron chi connectivity index (χ0n) is 21.2. The van der Waals surface area contributed by atoms with Crippen LogP contribution in [0.4, 0.5) is 11.4 Å². The van der Waals surface area contributed by atoms with E-state index in [-0.39, 0.29) is 23.6 Å². The first kappa shape index (κ1) is 26.0. The van der Waals surface area contributed by atoms with Gasteiger partial charge in [0.1, 0.15) is 11.8 Å². The standard InChI is InChI=1S/C29H33N3O5/c1-3-36-25-17-11-21(12-18-25)27(28(34)31-22-8-5-4-6-9-22)32(29(35)26-10-7-19-37-26)24-15-13-23(14-16-24)30-20(2)33/h7,10-19,22,27H,3-6,8-9H2,1-2H3,(H,30,33)(H,31,34)/t27-/m0/s1. The van der Waals surface area contributed by atoms with Crippen LogP contribution in [0.5, 0.6) is 5.75 Å². The average molecular weight is 504 g/mol. The lowest BCUT2D eigenvalue weighted by Crippen LogP contribution is -2.47. The topological polar surface area (TPSA) is 101 Å². The Hall–Kier alpha value is -4.07. The van der Waals surface area contributed by atoms with Gasteiger partial charge >= 0.3 is 0 Å². The van der Waals surface area contributed by atoms with E-state index in [2.05, 4.69) is 10.6 Å². The normalized spacial score (nSPS) is 14.4. The summed E-state index contributed by atoms with van der Waals surface area (Å²) >= 11 is 0. The second-order valence-electron chi connectivity index (χ2n) is 9.13. The summed E-state index contributed by atoms with van der Waals surface area (Å²) in [6, 6.07) is 16.4. The monoisotopic (exact) mass is 503 g/mol. The van der Waals surface area contributed by atoms with Gasteiger partial charge in [-0.2, -0.15) is 0 Å². The van der Waals surface area contributed by atoms with Gasteiger partial charge in [0, 0.05) is 24.3 Å². The average Bonchev–Trinajstić information content (AvgIpc) is 3.44. The highest BCUT2D eigenvalue weighted by atomic mass is 16.5. The van der Waals surface area contributed by atoms with Gasteiger partial charge in [0.05, 0.1) is 12.9 Å². The summed E-state index contributed by atoms with van der Waals surface area (Å²) in [6.45, 7) is 3.86. The van der Waals surface area contributed by atoms with E-state index in [9.17, 15) is 14.4 Å². The second-order valence-corrected chi connectivity index (χ2v) is 9.13. The van der Waals surface area contributed by atoms with Crippen molar-refractivity contribution in [1.29, 1.82) is 0 Å². The highest BCUT2D eigenvalue weighted by Gasteiger charge is 2.35. The summed E-state index contributed by atoms with van der Waals surface area (Å²) in [5.41, 5.74) is 1.72. The van der Waals surface area contributed by atoms with Crippen molar-refractivity contribution in [2.75, 3.05) is 16.8 Å². The number of anilines is 2. The first-order chi connectivity index (χ1) is 18.0. The maximum Gasteiger partial charge on any atom is 0.294 e. The third kappa shape index (κ3) is 6.58. The molecule has 0 radical (unpaired) electrons. The Morgan fingerprint density at radius 3 is 2.30 bits per heavy atom. The van der Waals surface area contributed by atoms with Crippen molar-refractivity contribution in [3.05, 3.63) is 78.3 Å². The number of nitrogens with zero attached hydrogens (tertiary/aromatic N) is 1. The van der Waals surface area contributed by atoms with Gasteiger partial charge in [0.2, 0.25) is 11.8 Å². The van der Waals surface area contributed by atoms with E-state index in [0.717, 1.165) is 25.7 Å². The third-order valence-electron chi connectivity index (χ3n) is 6.38. The molecule has 0 bridgehead atoms. The van der Waals surface area contributed by atoms with Gasteiger partial charge in [-0.25, -0.2) is 0 Å². The molecule has 4 rings (SSSR count). The third-order valence-corrected chi connectivity index (χ3v) is 6.38. The van der Waals surface area contributed by atoms with Gasteiger partial charge in [-0.1, -0.05) is 31.4 Å². The van der Waals surface area contributed by atoms with Gasteiger partial charge in [-0.05, 0) is 73.9 Å². The van der Waals surface area contributed by atoms with Gasteiger partial charge < -0.3 is 19.8 Å². The van der Waals surface area contributed by atoms with E-state index in [1.54, 1.807) is 48.5 Å². The lowest BCUT2D eigenvalue weighted by atomic mass is 9.94. The van der Waals surface area contributed by atoms with Crippen molar-refractivity contribution in [3.63, 3.8) is 0 Å². The van der Waals surface area contributed by atoms with Crippen LogP contribution in [0.3, 0.4) is 0 Å². The van der Waals surface area contributed by atoms with E-state index >= 15 is 0 Å². The predicted molar refractivity (Wildman–Crippen MR) is 142 cm³/mol. The molecule has 8 heteroatoms. The van der Waals surface area contributed by atoms with Crippen LogP contribution in [0.2, 0.25) is 0 Å². The summed E-state index contributed by atoms with van der Waals surface area (Å²) in [7, 11) is 0. The molecular formula is C29H33N3O5. The first-order valence-corrected chi connectivity index (χ1v) is 12.7. The number of ether oxygens (including phenoxy) is 1. The van der Waals surface area contributed by atoms with Crippen LogP contribution in [-0.2, 0) is 9.59 Å².